The summed E-state index contributed by atoms with van der Waals surface area (Å²) in [5.41, 5.74) is 0.342. The van der Waals surface area contributed by atoms with E-state index in [2.05, 4.69) is 44.8 Å². The van der Waals surface area contributed by atoms with Gasteiger partial charge < -0.3 is 15.0 Å². The van der Waals surface area contributed by atoms with E-state index in [0.29, 0.717) is 6.10 Å². The lowest BCUT2D eigenvalue weighted by atomic mass is 9.96. The van der Waals surface area contributed by atoms with Crippen LogP contribution in [0.15, 0.2) is 0 Å². The second-order valence-corrected chi connectivity index (χ2v) is 8.44. The highest BCUT2D eigenvalue weighted by Gasteiger charge is 2.33. The van der Waals surface area contributed by atoms with Gasteiger partial charge in [0, 0.05) is 18.6 Å². The first-order valence-corrected chi connectivity index (χ1v) is 8.39. The number of likely N-dealkylation sites (tertiary alicyclic amines) is 1. The van der Waals surface area contributed by atoms with E-state index >= 15 is 0 Å². The summed E-state index contributed by atoms with van der Waals surface area (Å²) in [5, 5.41) is 3.66. The summed E-state index contributed by atoms with van der Waals surface area (Å²) in [7, 11) is 0. The third-order valence-electron chi connectivity index (χ3n) is 4.54. The smallest absolute Gasteiger partial charge is 0.0710 e. The van der Waals surface area contributed by atoms with Crippen LogP contribution in [-0.2, 0) is 4.74 Å². The SMILES string of the molecule is CC(C)(C)NCC1CCCN(CC2CCC(C)(C)O2)C1. The minimum absolute atomic E-state index is 0.105. The number of hydrogen-bond donors (Lipinski definition) is 1. The van der Waals surface area contributed by atoms with Crippen molar-refractivity contribution < 1.29 is 4.74 Å². The average Bonchev–Trinajstić information content (AvgIpc) is 2.66. The standard InChI is InChI=1S/C17H34N2O/c1-16(2,3)18-11-14-7-6-10-19(12-14)13-15-8-9-17(4,5)20-15/h14-15,18H,6-13H2,1-5H3. The molecule has 0 bridgehead atoms. The van der Waals surface area contributed by atoms with Crippen molar-refractivity contribution in [2.75, 3.05) is 26.2 Å². The summed E-state index contributed by atoms with van der Waals surface area (Å²) < 4.78 is 6.14. The number of rotatable bonds is 4. The molecule has 0 aromatic rings. The molecule has 2 saturated heterocycles. The molecule has 3 nitrogen and oxygen atoms in total. The van der Waals surface area contributed by atoms with Gasteiger partial charge in [-0.05, 0) is 79.3 Å². The fraction of sp³-hybridized carbons (Fsp3) is 1.00. The van der Waals surface area contributed by atoms with Crippen molar-refractivity contribution in [2.24, 2.45) is 5.92 Å². The zero-order valence-corrected chi connectivity index (χ0v) is 14.2. The quantitative estimate of drug-likeness (QED) is 0.858. The van der Waals surface area contributed by atoms with E-state index in [4.69, 9.17) is 4.74 Å². The number of ether oxygens (including phenoxy) is 1. The molecule has 2 fully saturated rings. The second-order valence-electron chi connectivity index (χ2n) is 8.44. The van der Waals surface area contributed by atoms with Crippen LogP contribution < -0.4 is 5.32 Å². The van der Waals surface area contributed by atoms with E-state index < -0.39 is 0 Å². The number of piperidine rings is 1. The fourth-order valence-electron chi connectivity index (χ4n) is 3.43. The van der Waals surface area contributed by atoms with Gasteiger partial charge in [-0.15, -0.1) is 0 Å². The van der Waals surface area contributed by atoms with Gasteiger partial charge in [-0.25, -0.2) is 0 Å². The number of hydrogen-bond acceptors (Lipinski definition) is 3. The molecular formula is C17H34N2O. The molecule has 1 N–H and O–H groups in total. The largest absolute Gasteiger partial charge is 0.371 e. The van der Waals surface area contributed by atoms with Gasteiger partial charge >= 0.3 is 0 Å². The van der Waals surface area contributed by atoms with Gasteiger partial charge in [-0.3, -0.25) is 0 Å². The average molecular weight is 282 g/mol. The summed E-state index contributed by atoms with van der Waals surface area (Å²) in [6.45, 7) is 16.0. The molecular weight excluding hydrogens is 248 g/mol. The van der Waals surface area contributed by atoms with Crippen LogP contribution in [0.5, 0.6) is 0 Å². The normalized spacial score (nSPS) is 31.6. The van der Waals surface area contributed by atoms with Crippen LogP contribution >= 0.6 is 0 Å². The van der Waals surface area contributed by atoms with Crippen LogP contribution in [-0.4, -0.2) is 48.3 Å². The fourth-order valence-corrected chi connectivity index (χ4v) is 3.43. The molecule has 0 spiro atoms. The number of nitrogens with zero attached hydrogens (tertiary/aromatic N) is 1. The van der Waals surface area contributed by atoms with E-state index in [1.165, 1.54) is 38.8 Å². The highest BCUT2D eigenvalue weighted by atomic mass is 16.5. The Labute approximate surface area is 125 Å². The second kappa shape index (κ2) is 6.33. The number of nitrogens with one attached hydrogen (secondary N) is 1. The van der Waals surface area contributed by atoms with Crippen LogP contribution in [0.25, 0.3) is 0 Å². The summed E-state index contributed by atoms with van der Waals surface area (Å²) in [5.74, 6) is 0.803. The first-order chi connectivity index (χ1) is 9.23. The van der Waals surface area contributed by atoms with Crippen LogP contribution in [0.3, 0.4) is 0 Å². The van der Waals surface area contributed by atoms with E-state index in [-0.39, 0.29) is 11.1 Å². The van der Waals surface area contributed by atoms with Gasteiger partial charge in [0.25, 0.3) is 0 Å². The molecule has 2 atom stereocenters. The van der Waals surface area contributed by atoms with E-state index in [1.54, 1.807) is 0 Å². The molecule has 2 aliphatic heterocycles. The summed E-state index contributed by atoms with van der Waals surface area (Å²) in [6.07, 6.45) is 5.61. The maximum Gasteiger partial charge on any atom is 0.0710 e. The first kappa shape index (κ1) is 16.3. The Kier molecular flexibility index (Phi) is 5.14. The van der Waals surface area contributed by atoms with Crippen molar-refractivity contribution in [1.29, 1.82) is 0 Å². The van der Waals surface area contributed by atoms with Crippen molar-refractivity contribution in [3.8, 4) is 0 Å². The zero-order chi connectivity index (χ0) is 14.8. The Morgan fingerprint density at radius 2 is 2.00 bits per heavy atom. The summed E-state index contributed by atoms with van der Waals surface area (Å²) in [6, 6.07) is 0. The molecule has 3 heteroatoms. The lowest BCUT2D eigenvalue weighted by Gasteiger charge is -2.36. The molecule has 20 heavy (non-hydrogen) atoms. The van der Waals surface area contributed by atoms with Crippen LogP contribution in [0.2, 0.25) is 0 Å². The molecule has 0 radical (unpaired) electrons. The molecule has 0 saturated carbocycles. The monoisotopic (exact) mass is 282 g/mol. The molecule has 0 amide bonds. The minimum Gasteiger partial charge on any atom is -0.371 e. The third-order valence-corrected chi connectivity index (χ3v) is 4.54. The van der Waals surface area contributed by atoms with Gasteiger partial charge in [-0.2, -0.15) is 0 Å². The van der Waals surface area contributed by atoms with Gasteiger partial charge in [0.2, 0.25) is 0 Å². The first-order valence-electron chi connectivity index (χ1n) is 8.39. The summed E-state index contributed by atoms with van der Waals surface area (Å²) in [4.78, 5) is 2.63. The van der Waals surface area contributed by atoms with Crippen molar-refractivity contribution in [3.05, 3.63) is 0 Å². The lowest BCUT2D eigenvalue weighted by molar-refractivity contribution is -0.0330. The van der Waals surface area contributed by atoms with Gasteiger partial charge in [0.1, 0.15) is 0 Å². The van der Waals surface area contributed by atoms with Gasteiger partial charge in [0.05, 0.1) is 11.7 Å². The van der Waals surface area contributed by atoms with Gasteiger partial charge in [0.15, 0.2) is 0 Å². The van der Waals surface area contributed by atoms with E-state index in [9.17, 15) is 0 Å². The Morgan fingerprint density at radius 1 is 1.25 bits per heavy atom. The van der Waals surface area contributed by atoms with E-state index in [0.717, 1.165) is 19.0 Å². The lowest BCUT2D eigenvalue weighted by Crippen LogP contribution is -2.46. The molecule has 0 aromatic carbocycles. The highest BCUT2D eigenvalue weighted by molar-refractivity contribution is 4.85. The van der Waals surface area contributed by atoms with Crippen molar-refractivity contribution >= 4 is 0 Å². The Hall–Kier alpha value is -0.120. The van der Waals surface area contributed by atoms with Gasteiger partial charge in [-0.1, -0.05) is 0 Å². The molecule has 0 aliphatic carbocycles. The molecule has 2 aliphatic rings. The third kappa shape index (κ3) is 5.34. The maximum absolute atomic E-state index is 6.14. The topological polar surface area (TPSA) is 24.5 Å². The predicted octanol–water partition coefficient (Wildman–Crippen LogP) is 3.04. The predicted molar refractivity (Wildman–Crippen MR) is 85.1 cm³/mol. The summed E-state index contributed by atoms with van der Waals surface area (Å²) >= 11 is 0. The van der Waals surface area contributed by atoms with Crippen molar-refractivity contribution in [2.45, 2.75) is 77.5 Å². The van der Waals surface area contributed by atoms with Crippen LogP contribution in [0.1, 0.15) is 60.3 Å². The molecule has 2 unspecified atom stereocenters. The Balaban J connectivity index is 1.73. The molecule has 118 valence electrons. The zero-order valence-electron chi connectivity index (χ0n) is 14.2. The van der Waals surface area contributed by atoms with Crippen LogP contribution in [0.4, 0.5) is 0 Å². The Morgan fingerprint density at radius 3 is 2.60 bits per heavy atom. The maximum atomic E-state index is 6.14. The minimum atomic E-state index is 0.105. The molecule has 2 rings (SSSR count). The van der Waals surface area contributed by atoms with Crippen LogP contribution in [0, 0.1) is 5.92 Å². The molecule has 2 heterocycles. The van der Waals surface area contributed by atoms with Crippen molar-refractivity contribution in [1.82, 2.24) is 10.2 Å². The van der Waals surface area contributed by atoms with E-state index in [1.807, 2.05) is 0 Å². The highest BCUT2D eigenvalue weighted by Crippen LogP contribution is 2.30. The Bertz CT molecular complexity index is 309. The van der Waals surface area contributed by atoms with Crippen molar-refractivity contribution in [3.63, 3.8) is 0 Å². The molecule has 0 aromatic heterocycles.